The van der Waals surface area contributed by atoms with Crippen molar-refractivity contribution in [1.82, 2.24) is 0 Å². The van der Waals surface area contributed by atoms with Gasteiger partial charge < -0.3 is 16.0 Å². The number of hydrogen-bond acceptors (Lipinski definition) is 3. The molecule has 0 saturated heterocycles. The Morgan fingerprint density at radius 1 is 0.964 bits per heavy atom. The van der Waals surface area contributed by atoms with E-state index in [9.17, 15) is 18.0 Å². The second-order valence-corrected chi connectivity index (χ2v) is 7.84. The van der Waals surface area contributed by atoms with E-state index >= 15 is 0 Å². The lowest BCUT2D eigenvalue weighted by molar-refractivity contribution is -0.137. The number of halogens is 3. The highest BCUT2D eigenvalue weighted by atomic mass is 19.4. The summed E-state index contributed by atoms with van der Waals surface area (Å²) in [5, 5.41) is 9.13. The first-order valence-corrected chi connectivity index (χ1v) is 8.99. The first kappa shape index (κ1) is 21.6. The Labute approximate surface area is 163 Å². The third-order valence-electron chi connectivity index (χ3n) is 4.03. The molecule has 4 nitrogen and oxygen atoms in total. The lowest BCUT2D eigenvalue weighted by Crippen LogP contribution is -2.20. The fraction of sp³-hybridized carbons (Fsp3) is 0.381. The van der Waals surface area contributed by atoms with Crippen molar-refractivity contribution in [3.05, 3.63) is 53.6 Å². The van der Waals surface area contributed by atoms with Crippen LogP contribution in [0.1, 0.15) is 38.3 Å². The number of hydrogen-bond donors (Lipinski definition) is 3. The Balaban J connectivity index is 2.02. The molecule has 2 rings (SSSR count). The molecule has 152 valence electrons. The van der Waals surface area contributed by atoms with Gasteiger partial charge in [0.25, 0.3) is 0 Å². The number of rotatable bonds is 6. The third kappa shape index (κ3) is 6.48. The molecule has 0 fully saturated rings. The van der Waals surface area contributed by atoms with E-state index in [1.54, 1.807) is 13.1 Å². The summed E-state index contributed by atoms with van der Waals surface area (Å²) >= 11 is 0. The zero-order valence-corrected chi connectivity index (χ0v) is 16.5. The summed E-state index contributed by atoms with van der Waals surface area (Å²) in [5.41, 5.74) is 2.19. The van der Waals surface area contributed by atoms with E-state index in [1.165, 1.54) is 12.1 Å². The molecular weight excluding hydrogens is 367 g/mol. The largest absolute Gasteiger partial charge is 0.416 e. The number of anilines is 3. The van der Waals surface area contributed by atoms with E-state index in [4.69, 9.17) is 0 Å². The quantitative estimate of drug-likeness (QED) is 0.587. The number of amides is 1. The van der Waals surface area contributed by atoms with Crippen molar-refractivity contribution in [2.45, 2.75) is 39.9 Å². The van der Waals surface area contributed by atoms with Crippen LogP contribution < -0.4 is 16.0 Å². The van der Waals surface area contributed by atoms with Crippen molar-refractivity contribution in [1.29, 1.82) is 0 Å². The van der Waals surface area contributed by atoms with Gasteiger partial charge in [0.2, 0.25) is 5.91 Å². The van der Waals surface area contributed by atoms with Crippen LogP contribution in [0.2, 0.25) is 0 Å². The molecule has 0 aliphatic carbocycles. The molecule has 0 atom stereocenters. The van der Waals surface area contributed by atoms with Crippen molar-refractivity contribution in [3.8, 4) is 0 Å². The molecule has 0 bridgehead atoms. The monoisotopic (exact) mass is 393 g/mol. The number of carbonyl (C=O) groups is 1. The van der Waals surface area contributed by atoms with Gasteiger partial charge in [0.1, 0.15) is 0 Å². The average Bonchev–Trinajstić information content (AvgIpc) is 2.58. The molecule has 2 aromatic rings. The predicted octanol–water partition coefficient (Wildman–Crippen LogP) is 5.73. The third-order valence-corrected chi connectivity index (χ3v) is 4.03. The zero-order chi connectivity index (χ0) is 20.9. The normalized spacial score (nSPS) is 11.8. The summed E-state index contributed by atoms with van der Waals surface area (Å²) in [7, 11) is 1.76. The van der Waals surface area contributed by atoms with E-state index in [2.05, 4.69) is 16.0 Å². The number of alkyl halides is 3. The number of benzene rings is 2. The second kappa shape index (κ2) is 8.54. The fourth-order valence-corrected chi connectivity index (χ4v) is 2.66. The van der Waals surface area contributed by atoms with Crippen molar-refractivity contribution in [2.75, 3.05) is 23.0 Å². The molecular formula is C21H26F3N3O. The molecule has 2 aromatic carbocycles. The highest BCUT2D eigenvalue weighted by Crippen LogP contribution is 2.30. The van der Waals surface area contributed by atoms with Gasteiger partial charge in [0.15, 0.2) is 0 Å². The Kier molecular flexibility index (Phi) is 6.59. The maximum absolute atomic E-state index is 12.6. The highest BCUT2D eigenvalue weighted by molar-refractivity contribution is 5.95. The topological polar surface area (TPSA) is 53.2 Å². The van der Waals surface area contributed by atoms with Gasteiger partial charge in [-0.25, -0.2) is 0 Å². The average molecular weight is 393 g/mol. The van der Waals surface area contributed by atoms with Gasteiger partial charge >= 0.3 is 6.18 Å². The zero-order valence-electron chi connectivity index (χ0n) is 16.5. The van der Waals surface area contributed by atoms with Crippen LogP contribution in [0.25, 0.3) is 0 Å². The summed E-state index contributed by atoms with van der Waals surface area (Å²) in [6, 6.07) is 10.5. The van der Waals surface area contributed by atoms with E-state index in [0.29, 0.717) is 18.7 Å². The summed E-state index contributed by atoms with van der Waals surface area (Å²) in [4.78, 5) is 12.2. The Hall–Kier alpha value is -2.70. The minimum atomic E-state index is -4.33. The molecule has 0 heterocycles. The Morgan fingerprint density at radius 3 is 2.14 bits per heavy atom. The molecule has 7 heteroatoms. The van der Waals surface area contributed by atoms with Gasteiger partial charge in [-0.15, -0.1) is 0 Å². The molecule has 0 saturated carbocycles. The van der Waals surface area contributed by atoms with E-state index in [1.807, 2.05) is 32.9 Å². The molecule has 0 spiro atoms. The van der Waals surface area contributed by atoms with Gasteiger partial charge in [-0.05, 0) is 41.3 Å². The molecule has 28 heavy (non-hydrogen) atoms. The Bertz CT molecular complexity index is 809. The van der Waals surface area contributed by atoms with Crippen molar-refractivity contribution in [3.63, 3.8) is 0 Å². The van der Waals surface area contributed by atoms with Crippen LogP contribution in [-0.4, -0.2) is 13.0 Å². The smallest absolute Gasteiger partial charge is 0.386 e. The van der Waals surface area contributed by atoms with Gasteiger partial charge in [-0.2, -0.15) is 13.2 Å². The van der Waals surface area contributed by atoms with E-state index < -0.39 is 11.7 Å². The molecule has 0 radical (unpaired) electrons. The van der Waals surface area contributed by atoms with Crippen molar-refractivity contribution in [2.24, 2.45) is 5.41 Å². The second-order valence-electron chi connectivity index (χ2n) is 7.84. The SMILES string of the molecule is CNc1cc(NCc2ccc(C(F)(F)F)cc2)ccc1NC(=O)CC(C)(C)C. The van der Waals surface area contributed by atoms with Gasteiger partial charge in [0.05, 0.1) is 16.9 Å². The molecule has 3 N–H and O–H groups in total. The summed E-state index contributed by atoms with van der Waals surface area (Å²) in [6.45, 7) is 6.39. The van der Waals surface area contributed by atoms with Crippen LogP contribution in [0.4, 0.5) is 30.2 Å². The first-order chi connectivity index (χ1) is 13.0. The summed E-state index contributed by atoms with van der Waals surface area (Å²) in [6.07, 6.45) is -3.93. The first-order valence-electron chi connectivity index (χ1n) is 8.99. The minimum Gasteiger partial charge on any atom is -0.386 e. The standard InChI is InChI=1S/C21H26F3N3O/c1-20(2,3)12-19(28)27-17-10-9-16(11-18(17)25-4)26-13-14-5-7-15(8-6-14)21(22,23)24/h5-11,25-26H,12-13H2,1-4H3,(H,27,28). The maximum atomic E-state index is 12.6. The van der Waals surface area contributed by atoms with Gasteiger partial charge in [-0.1, -0.05) is 32.9 Å². The summed E-state index contributed by atoms with van der Waals surface area (Å²) in [5.74, 6) is -0.0607. The number of nitrogens with one attached hydrogen (secondary N) is 3. The molecule has 0 aliphatic rings. The minimum absolute atomic E-state index is 0.0607. The number of carbonyl (C=O) groups excluding carboxylic acids is 1. The van der Waals surface area contributed by atoms with Gasteiger partial charge in [0, 0.05) is 25.7 Å². The van der Waals surface area contributed by atoms with Crippen LogP contribution in [0.15, 0.2) is 42.5 Å². The summed E-state index contributed by atoms with van der Waals surface area (Å²) < 4.78 is 37.9. The van der Waals surface area contributed by atoms with E-state index in [-0.39, 0.29) is 11.3 Å². The van der Waals surface area contributed by atoms with Crippen LogP contribution in [0.5, 0.6) is 0 Å². The van der Waals surface area contributed by atoms with Crippen LogP contribution in [0.3, 0.4) is 0 Å². The van der Waals surface area contributed by atoms with Crippen LogP contribution >= 0.6 is 0 Å². The van der Waals surface area contributed by atoms with Gasteiger partial charge in [-0.3, -0.25) is 4.79 Å². The maximum Gasteiger partial charge on any atom is 0.416 e. The fourth-order valence-electron chi connectivity index (χ4n) is 2.66. The molecule has 0 aromatic heterocycles. The van der Waals surface area contributed by atoms with Crippen LogP contribution in [-0.2, 0) is 17.5 Å². The van der Waals surface area contributed by atoms with Crippen LogP contribution in [0, 0.1) is 5.41 Å². The lowest BCUT2D eigenvalue weighted by atomic mass is 9.92. The molecule has 1 amide bonds. The Morgan fingerprint density at radius 2 is 1.61 bits per heavy atom. The van der Waals surface area contributed by atoms with Crippen molar-refractivity contribution >= 4 is 23.0 Å². The molecule has 0 unspecified atom stereocenters. The lowest BCUT2D eigenvalue weighted by Gasteiger charge is -2.19. The predicted molar refractivity (Wildman–Crippen MR) is 107 cm³/mol. The highest BCUT2D eigenvalue weighted by Gasteiger charge is 2.29. The van der Waals surface area contributed by atoms with Crippen molar-refractivity contribution < 1.29 is 18.0 Å². The molecule has 0 aliphatic heterocycles. The van der Waals surface area contributed by atoms with E-state index in [0.717, 1.165) is 29.1 Å².